The summed E-state index contributed by atoms with van der Waals surface area (Å²) in [5.74, 6) is -1.82. The van der Waals surface area contributed by atoms with Crippen molar-refractivity contribution in [3.8, 4) is 12.1 Å². The first-order valence-corrected chi connectivity index (χ1v) is 38.0. The number of aryl methyl sites for hydroxylation is 6. The predicted molar refractivity (Wildman–Crippen MR) is 418 cm³/mol. The Balaban J connectivity index is 0.716. The zero-order valence-corrected chi connectivity index (χ0v) is 60.0. The summed E-state index contributed by atoms with van der Waals surface area (Å²) in [6.07, 6.45) is 26.2. The molecule has 0 saturated carbocycles. The highest BCUT2D eigenvalue weighted by Gasteiger charge is 2.39. The zero-order chi connectivity index (χ0) is 70.6. The van der Waals surface area contributed by atoms with Crippen molar-refractivity contribution in [2.45, 2.75) is 182 Å². The fourth-order valence-corrected chi connectivity index (χ4v) is 15.8. The van der Waals surface area contributed by atoms with Crippen LogP contribution in [0.4, 0.5) is 34.1 Å². The van der Waals surface area contributed by atoms with E-state index in [1.54, 1.807) is 36.4 Å². The molecule has 10 heteroatoms. The van der Waals surface area contributed by atoms with Crippen LogP contribution in [-0.2, 0) is 38.5 Å². The number of unbranched alkanes of at least 4 members (excludes halogenated alkanes) is 12. The maximum atomic E-state index is 14.9. The normalized spacial score (nSPS) is 12.8. The van der Waals surface area contributed by atoms with Gasteiger partial charge in [-0.15, -0.1) is 0 Å². The van der Waals surface area contributed by atoms with Gasteiger partial charge in [-0.05, 0) is 218 Å². The second-order valence-electron chi connectivity index (χ2n) is 28.4. The minimum atomic E-state index is -0.483. The lowest BCUT2D eigenvalue weighted by atomic mass is 9.79. The Bertz CT molecular complexity index is 4490. The van der Waals surface area contributed by atoms with Crippen molar-refractivity contribution in [2.24, 2.45) is 0 Å². The summed E-state index contributed by atoms with van der Waals surface area (Å²) in [6.45, 7) is 9.31. The largest absolute Gasteiger partial charge is 0.311 e. The fraction of sp³-hybridized carbons (Fsp3) is 0.326. The molecule has 4 amide bonds. The Morgan fingerprint density at radius 1 is 0.275 bits per heavy atom. The first kappa shape index (κ1) is 70.0. The van der Waals surface area contributed by atoms with Gasteiger partial charge in [-0.25, -0.2) is 0 Å². The van der Waals surface area contributed by atoms with Gasteiger partial charge in [-0.2, -0.15) is 10.5 Å². The van der Waals surface area contributed by atoms with E-state index in [1.165, 1.54) is 135 Å². The summed E-state index contributed by atoms with van der Waals surface area (Å²) in [5, 5.41) is 26.1. The molecular formula is C92H94N6O4. The summed E-state index contributed by atoms with van der Waals surface area (Å²) in [5.41, 5.74) is 15.6. The number of anilines is 6. The summed E-state index contributed by atoms with van der Waals surface area (Å²) in [4.78, 5) is 66.6. The van der Waals surface area contributed by atoms with Gasteiger partial charge in [0.2, 0.25) is 0 Å². The minimum absolute atomic E-state index is 0.162. The third kappa shape index (κ3) is 14.6. The third-order valence-corrected chi connectivity index (χ3v) is 21.4. The average Bonchev–Trinajstić information content (AvgIpc) is 0.682. The maximum absolute atomic E-state index is 14.9. The molecule has 0 aliphatic carbocycles. The van der Waals surface area contributed by atoms with Crippen LogP contribution in [0.5, 0.6) is 0 Å². The van der Waals surface area contributed by atoms with Crippen LogP contribution in [0.1, 0.15) is 229 Å². The number of hydrogen-bond donors (Lipinski definition) is 0. The van der Waals surface area contributed by atoms with Crippen molar-refractivity contribution in [1.29, 1.82) is 10.5 Å². The van der Waals surface area contributed by atoms with Gasteiger partial charge in [0.25, 0.3) is 23.6 Å². The van der Waals surface area contributed by atoms with E-state index in [1.807, 2.05) is 0 Å². The van der Waals surface area contributed by atoms with E-state index in [9.17, 15) is 29.7 Å². The molecule has 11 aromatic carbocycles. The molecule has 0 unspecified atom stereocenters. The molecule has 0 bridgehead atoms. The number of nitriles is 2. The molecule has 11 aromatic rings. The molecule has 10 nitrogen and oxygen atoms in total. The van der Waals surface area contributed by atoms with Crippen molar-refractivity contribution in [1.82, 2.24) is 9.80 Å². The van der Waals surface area contributed by atoms with Crippen LogP contribution < -0.4 is 9.80 Å². The number of carbonyl (C=O) groups is 4. The van der Waals surface area contributed by atoms with Gasteiger partial charge < -0.3 is 9.80 Å². The van der Waals surface area contributed by atoms with Gasteiger partial charge in [-0.1, -0.05) is 190 Å². The topological polar surface area (TPSA) is 129 Å². The average molecular weight is 1350 g/mol. The van der Waals surface area contributed by atoms with Gasteiger partial charge in [0.05, 0.1) is 34.4 Å². The van der Waals surface area contributed by atoms with Crippen LogP contribution >= 0.6 is 0 Å². The standard InChI is InChI=1S/C92H94N6O4/c1-5-9-13-17-23-63-29-41-71(42-30-63)97(72-43-31-64(32-44-72)24-18-14-10-6-2)75-49-37-67(38-50-75)27-21-57-95-89(99)79-55-53-77-84-70(62-94)60-82-86-80(56-54-78(88(84)86)83-69(61-93)59-81(91(95)101)85(79)87(77)83)90(100)96(92(82)102)58-22-28-68-39-51-76(52-40-68)98(73-45-33-65(34-46-73)25-19-15-11-7-3)74-47-35-66(36-48-74)26-20-16-12-8-4/h29-56,59-60H,5-28,57-58H2,1-4H3. The molecule has 0 atom stereocenters. The third-order valence-electron chi connectivity index (χ3n) is 21.4. The second-order valence-corrected chi connectivity index (χ2v) is 28.4. The van der Waals surface area contributed by atoms with E-state index >= 15 is 0 Å². The zero-order valence-electron chi connectivity index (χ0n) is 60.0. The molecule has 2 aliphatic heterocycles. The first-order valence-electron chi connectivity index (χ1n) is 38.0. The molecular weight excluding hydrogens is 1250 g/mol. The number of rotatable bonds is 34. The molecule has 516 valence electrons. The Labute approximate surface area is 602 Å². The van der Waals surface area contributed by atoms with Crippen LogP contribution in [0.3, 0.4) is 0 Å². The monoisotopic (exact) mass is 1350 g/mol. The van der Waals surface area contributed by atoms with Gasteiger partial charge in [-0.3, -0.25) is 29.0 Å². The quantitative estimate of drug-likeness (QED) is 0.0169. The lowest BCUT2D eigenvalue weighted by Gasteiger charge is -2.30. The molecule has 0 fully saturated rings. The molecule has 102 heavy (non-hydrogen) atoms. The van der Waals surface area contributed by atoms with E-state index in [4.69, 9.17) is 0 Å². The van der Waals surface area contributed by atoms with Crippen molar-refractivity contribution < 1.29 is 19.2 Å². The SMILES string of the molecule is CCCCCCc1ccc(N(c2ccc(CCCCCC)cc2)c2ccc(CCCN3C(=O)c4ccc5c6c(C#N)cc7c8c(ccc(c9c(C#N)cc(c4c59)C3=O)c86)C(=O)N(CCCc3ccc(N(c4ccc(CCCCCC)cc4)c4ccc(CCCCCC)cc4)cc3)C7=O)cc2)cc1. The van der Waals surface area contributed by atoms with Gasteiger partial charge >= 0.3 is 0 Å². The molecule has 0 N–H and O–H groups in total. The van der Waals surface area contributed by atoms with Crippen molar-refractivity contribution in [2.75, 3.05) is 22.9 Å². The number of imide groups is 2. The predicted octanol–water partition coefficient (Wildman–Crippen LogP) is 23.4. The van der Waals surface area contributed by atoms with Crippen LogP contribution in [0.25, 0.3) is 43.1 Å². The maximum Gasteiger partial charge on any atom is 0.261 e. The molecule has 0 radical (unpaired) electrons. The van der Waals surface area contributed by atoms with Gasteiger partial charge in [0, 0.05) is 90.7 Å². The van der Waals surface area contributed by atoms with Gasteiger partial charge in [0.1, 0.15) is 0 Å². The Morgan fingerprint density at radius 3 is 0.765 bits per heavy atom. The lowest BCUT2D eigenvalue weighted by Crippen LogP contribution is -2.41. The number of amides is 4. The lowest BCUT2D eigenvalue weighted by molar-refractivity contribution is 0.0593. The van der Waals surface area contributed by atoms with Crippen molar-refractivity contribution >= 4 is 101 Å². The molecule has 0 aromatic heterocycles. The van der Waals surface area contributed by atoms with Gasteiger partial charge in [0.15, 0.2) is 0 Å². The van der Waals surface area contributed by atoms with Crippen molar-refractivity contribution in [3.05, 3.63) is 249 Å². The minimum Gasteiger partial charge on any atom is -0.311 e. The smallest absolute Gasteiger partial charge is 0.261 e. The summed E-state index contributed by atoms with van der Waals surface area (Å²) in [7, 11) is 0. The van der Waals surface area contributed by atoms with E-state index in [0.29, 0.717) is 79.9 Å². The second kappa shape index (κ2) is 32.5. The first-order chi connectivity index (χ1) is 50.0. The molecule has 2 heterocycles. The van der Waals surface area contributed by atoms with E-state index in [-0.39, 0.29) is 35.3 Å². The van der Waals surface area contributed by atoms with Crippen LogP contribution in [0, 0.1) is 22.7 Å². The highest BCUT2D eigenvalue weighted by atomic mass is 16.2. The van der Waals surface area contributed by atoms with Crippen LogP contribution in [0.2, 0.25) is 0 Å². The number of benzene rings is 11. The van der Waals surface area contributed by atoms with E-state index < -0.39 is 23.6 Å². The Morgan fingerprint density at radius 2 is 0.520 bits per heavy atom. The van der Waals surface area contributed by atoms with Crippen LogP contribution in [0.15, 0.2) is 182 Å². The number of hydrogen-bond acceptors (Lipinski definition) is 8. The fourth-order valence-electron chi connectivity index (χ4n) is 15.8. The number of fused-ring (bicyclic) bond motifs is 2. The van der Waals surface area contributed by atoms with Crippen LogP contribution in [-0.4, -0.2) is 46.5 Å². The summed E-state index contributed by atoms with van der Waals surface area (Å²) in [6, 6.07) is 68.1. The molecule has 0 saturated heterocycles. The molecule has 2 aliphatic rings. The van der Waals surface area contributed by atoms with E-state index in [0.717, 1.165) is 70.9 Å². The molecule has 13 rings (SSSR count). The number of nitrogens with zero attached hydrogens (tertiary/aromatic N) is 6. The Hall–Kier alpha value is -10.4. The summed E-state index contributed by atoms with van der Waals surface area (Å²) < 4.78 is 0. The van der Waals surface area contributed by atoms with Crippen molar-refractivity contribution in [3.63, 3.8) is 0 Å². The number of carbonyl (C=O) groups excluding carboxylic acids is 4. The molecule has 0 spiro atoms. The van der Waals surface area contributed by atoms with E-state index in [2.05, 4.69) is 195 Å². The highest BCUT2D eigenvalue weighted by molar-refractivity contribution is 6.42. The summed E-state index contributed by atoms with van der Waals surface area (Å²) >= 11 is 0. The Kier molecular flexibility index (Phi) is 22.3. The highest BCUT2D eigenvalue weighted by Crippen LogP contribution is 2.49.